The van der Waals surface area contributed by atoms with E-state index in [9.17, 15) is 8.78 Å². The molecule has 0 saturated heterocycles. The van der Waals surface area contributed by atoms with Crippen molar-refractivity contribution in [2.24, 2.45) is 10.7 Å². The van der Waals surface area contributed by atoms with E-state index in [1.807, 2.05) is 0 Å². The molecule has 64 valence electrons. The van der Waals surface area contributed by atoms with Crippen molar-refractivity contribution in [2.45, 2.75) is 6.92 Å². The molecule has 2 nitrogen and oxygen atoms in total. The Morgan fingerprint density at radius 3 is 2.67 bits per heavy atom. The van der Waals surface area contributed by atoms with E-state index >= 15 is 0 Å². The summed E-state index contributed by atoms with van der Waals surface area (Å²) < 4.78 is 25.4. The molecule has 0 amide bonds. The van der Waals surface area contributed by atoms with Gasteiger partial charge in [-0.3, -0.25) is 0 Å². The zero-order chi connectivity index (χ0) is 9.14. The Bertz CT molecular complexity index is 317. The Kier molecular flexibility index (Phi) is 2.38. The smallest absolute Gasteiger partial charge is 0.184 e. The van der Waals surface area contributed by atoms with Crippen LogP contribution in [0.4, 0.5) is 14.5 Å². The van der Waals surface area contributed by atoms with Gasteiger partial charge in [-0.05, 0) is 19.1 Å². The maximum atomic E-state index is 12.8. The molecule has 1 rings (SSSR count). The first-order chi connectivity index (χ1) is 5.61. The van der Waals surface area contributed by atoms with Crippen LogP contribution in [0.5, 0.6) is 0 Å². The molecule has 0 aliphatic heterocycles. The third-order valence-electron chi connectivity index (χ3n) is 1.23. The van der Waals surface area contributed by atoms with Gasteiger partial charge in [0.15, 0.2) is 11.6 Å². The van der Waals surface area contributed by atoms with Gasteiger partial charge in [0.1, 0.15) is 5.69 Å². The molecule has 0 aliphatic carbocycles. The summed E-state index contributed by atoms with van der Waals surface area (Å²) in [6.45, 7) is 1.50. The van der Waals surface area contributed by atoms with Gasteiger partial charge in [-0.2, -0.15) is 0 Å². The molecule has 0 atom stereocenters. The first-order valence-electron chi connectivity index (χ1n) is 3.36. The molecule has 1 aromatic rings. The van der Waals surface area contributed by atoms with Crippen molar-refractivity contribution in [3.05, 3.63) is 29.8 Å². The molecule has 0 radical (unpaired) electrons. The van der Waals surface area contributed by atoms with Crippen molar-refractivity contribution in [1.82, 2.24) is 0 Å². The van der Waals surface area contributed by atoms with Crippen LogP contribution in [0.3, 0.4) is 0 Å². The summed E-state index contributed by atoms with van der Waals surface area (Å²) in [4.78, 5) is 3.60. The third kappa shape index (κ3) is 1.78. The second-order valence-electron chi connectivity index (χ2n) is 2.33. The summed E-state index contributed by atoms with van der Waals surface area (Å²) >= 11 is 0. The highest BCUT2D eigenvalue weighted by atomic mass is 19.2. The van der Waals surface area contributed by atoms with E-state index < -0.39 is 11.6 Å². The van der Waals surface area contributed by atoms with E-state index in [-0.39, 0.29) is 11.5 Å². The quantitative estimate of drug-likeness (QED) is 0.508. The van der Waals surface area contributed by atoms with Crippen LogP contribution in [0.1, 0.15) is 6.92 Å². The molecule has 0 bridgehead atoms. The monoisotopic (exact) mass is 170 g/mol. The zero-order valence-corrected chi connectivity index (χ0v) is 6.51. The molecule has 4 heteroatoms. The van der Waals surface area contributed by atoms with Crippen LogP contribution in [0.15, 0.2) is 23.2 Å². The van der Waals surface area contributed by atoms with Gasteiger partial charge in [0.2, 0.25) is 0 Å². The molecule has 0 spiro atoms. The molecule has 2 N–H and O–H groups in total. The molecule has 0 heterocycles. The van der Waals surface area contributed by atoms with Crippen molar-refractivity contribution < 1.29 is 8.78 Å². The van der Waals surface area contributed by atoms with Crippen LogP contribution < -0.4 is 5.73 Å². The van der Waals surface area contributed by atoms with Gasteiger partial charge in [0, 0.05) is 0 Å². The number of aliphatic imine (C=N–C) groups is 1. The molecule has 0 aliphatic rings. The van der Waals surface area contributed by atoms with Gasteiger partial charge < -0.3 is 5.73 Å². The molecule has 12 heavy (non-hydrogen) atoms. The lowest BCUT2D eigenvalue weighted by Gasteiger charge is -1.97. The molecular weight excluding hydrogens is 162 g/mol. The molecule has 0 fully saturated rings. The number of hydrogen-bond donors (Lipinski definition) is 1. The van der Waals surface area contributed by atoms with Crippen molar-refractivity contribution in [3.8, 4) is 0 Å². The van der Waals surface area contributed by atoms with Crippen LogP contribution in [-0.2, 0) is 0 Å². The summed E-state index contributed by atoms with van der Waals surface area (Å²) in [5.41, 5.74) is 5.13. The van der Waals surface area contributed by atoms with Crippen LogP contribution in [0, 0.1) is 11.6 Å². The predicted molar refractivity (Wildman–Crippen MR) is 43.3 cm³/mol. The minimum atomic E-state index is -0.970. The van der Waals surface area contributed by atoms with Gasteiger partial charge in [-0.1, -0.05) is 6.07 Å². The Hall–Kier alpha value is -1.45. The lowest BCUT2D eigenvalue weighted by atomic mass is 10.3. The fourth-order valence-electron chi connectivity index (χ4n) is 0.769. The Morgan fingerprint density at radius 1 is 1.42 bits per heavy atom. The second-order valence-corrected chi connectivity index (χ2v) is 2.33. The largest absolute Gasteiger partial charge is 0.387 e. The lowest BCUT2D eigenvalue weighted by molar-refractivity contribution is 0.510. The van der Waals surface area contributed by atoms with Gasteiger partial charge in [0.05, 0.1) is 5.84 Å². The van der Waals surface area contributed by atoms with Crippen LogP contribution >= 0.6 is 0 Å². The van der Waals surface area contributed by atoms with Crippen molar-refractivity contribution in [2.75, 3.05) is 0 Å². The first kappa shape index (κ1) is 8.64. The molecule has 0 unspecified atom stereocenters. The average Bonchev–Trinajstić information content (AvgIpc) is 1.98. The van der Waals surface area contributed by atoms with Gasteiger partial charge in [0.25, 0.3) is 0 Å². The summed E-state index contributed by atoms with van der Waals surface area (Å²) in [5.74, 6) is -1.70. The Balaban J connectivity index is 3.17. The van der Waals surface area contributed by atoms with Gasteiger partial charge in [-0.15, -0.1) is 0 Å². The fourth-order valence-corrected chi connectivity index (χ4v) is 0.769. The highest BCUT2D eigenvalue weighted by Crippen LogP contribution is 2.19. The molecule has 0 saturated carbocycles. The predicted octanol–water partition coefficient (Wildman–Crippen LogP) is 1.97. The van der Waals surface area contributed by atoms with Crippen molar-refractivity contribution in [1.29, 1.82) is 0 Å². The van der Waals surface area contributed by atoms with Gasteiger partial charge in [-0.25, -0.2) is 13.8 Å². The highest BCUT2D eigenvalue weighted by molar-refractivity contribution is 5.80. The maximum Gasteiger partial charge on any atom is 0.184 e. The summed E-state index contributed by atoms with van der Waals surface area (Å²) in [6, 6.07) is 3.76. The summed E-state index contributed by atoms with van der Waals surface area (Å²) in [5, 5.41) is 0. The average molecular weight is 170 g/mol. The number of benzene rings is 1. The van der Waals surface area contributed by atoms with Crippen LogP contribution in [-0.4, -0.2) is 5.84 Å². The van der Waals surface area contributed by atoms with Crippen molar-refractivity contribution in [3.63, 3.8) is 0 Å². The Labute approximate surface area is 68.7 Å². The van der Waals surface area contributed by atoms with Crippen molar-refractivity contribution >= 4 is 11.5 Å². The molecule has 0 aromatic heterocycles. The van der Waals surface area contributed by atoms with E-state index in [1.54, 1.807) is 0 Å². The topological polar surface area (TPSA) is 38.4 Å². The van der Waals surface area contributed by atoms with E-state index in [4.69, 9.17) is 5.73 Å². The normalized spacial score (nSPS) is 11.8. The number of nitrogens with two attached hydrogens (primary N) is 1. The number of nitrogens with zero attached hydrogens (tertiary/aromatic N) is 1. The maximum absolute atomic E-state index is 12.8. The number of halogens is 2. The number of amidine groups is 1. The van der Waals surface area contributed by atoms with Gasteiger partial charge >= 0.3 is 0 Å². The Morgan fingerprint density at radius 2 is 2.08 bits per heavy atom. The third-order valence-corrected chi connectivity index (χ3v) is 1.23. The number of hydrogen-bond acceptors (Lipinski definition) is 1. The van der Waals surface area contributed by atoms with E-state index in [0.29, 0.717) is 0 Å². The standard InChI is InChI=1S/C8H8F2N2/c1-5(11)12-7-4-2-3-6(9)8(7)10/h2-4H,1H3,(H2,11,12). The summed E-state index contributed by atoms with van der Waals surface area (Å²) in [7, 11) is 0. The van der Waals surface area contributed by atoms with E-state index in [2.05, 4.69) is 4.99 Å². The highest BCUT2D eigenvalue weighted by Gasteiger charge is 2.05. The fraction of sp³-hybridized carbons (Fsp3) is 0.125. The van der Waals surface area contributed by atoms with Crippen LogP contribution in [0.2, 0.25) is 0 Å². The van der Waals surface area contributed by atoms with Crippen LogP contribution in [0.25, 0.3) is 0 Å². The zero-order valence-electron chi connectivity index (χ0n) is 6.51. The first-order valence-corrected chi connectivity index (χ1v) is 3.36. The second kappa shape index (κ2) is 3.30. The SMILES string of the molecule is CC(N)=Nc1cccc(F)c1F. The van der Waals surface area contributed by atoms with E-state index in [0.717, 1.165) is 6.07 Å². The number of rotatable bonds is 1. The summed E-state index contributed by atoms with van der Waals surface area (Å²) in [6.07, 6.45) is 0. The molecule has 1 aromatic carbocycles. The molecular formula is C8H8F2N2. The minimum Gasteiger partial charge on any atom is -0.387 e. The minimum absolute atomic E-state index is 0.0741. The lowest BCUT2D eigenvalue weighted by Crippen LogP contribution is -2.04. The van der Waals surface area contributed by atoms with E-state index in [1.165, 1.54) is 19.1 Å².